The molecule has 0 unspecified atom stereocenters. The standard InChI is InChI=1S/C30H31F3N6O2/c1-19-25-17-23(41-27-7-10-36-28-24(27)6-9-35-28)5-3-20(25)8-13-39(19)29(40)37-22-4-2-21(26(16-22)30(31,32)33)18-38-14-11-34-12-15-38/h2-7,9-10,16-17,19,34H,8,11-15,18H2,1H3,(H,35,36)(H,37,40)/t19-/m0/s1. The van der Waals surface area contributed by atoms with Gasteiger partial charge in [0.05, 0.1) is 17.0 Å². The molecule has 0 radical (unpaired) electrons. The second kappa shape index (κ2) is 11.1. The highest BCUT2D eigenvalue weighted by Gasteiger charge is 2.35. The van der Waals surface area contributed by atoms with Crippen LogP contribution in [-0.4, -0.2) is 58.5 Å². The monoisotopic (exact) mass is 564 g/mol. The number of nitrogens with zero attached hydrogens (tertiary/aromatic N) is 3. The normalized spacial score (nSPS) is 17.9. The van der Waals surface area contributed by atoms with Crippen LogP contribution in [0.1, 0.15) is 35.2 Å². The Bertz CT molecular complexity index is 1560. The van der Waals surface area contributed by atoms with E-state index in [-0.39, 0.29) is 23.8 Å². The molecular formula is C30H31F3N6O2. The third-order valence-corrected chi connectivity index (χ3v) is 7.84. The lowest BCUT2D eigenvalue weighted by Gasteiger charge is -2.35. The van der Waals surface area contributed by atoms with E-state index in [4.69, 9.17) is 4.74 Å². The van der Waals surface area contributed by atoms with Crippen LogP contribution in [0.2, 0.25) is 0 Å². The van der Waals surface area contributed by atoms with E-state index in [1.807, 2.05) is 36.1 Å². The zero-order valence-corrected chi connectivity index (χ0v) is 22.6. The minimum Gasteiger partial charge on any atom is -0.457 e. The van der Waals surface area contributed by atoms with Crippen LogP contribution in [0, 0.1) is 0 Å². The number of halogens is 3. The second-order valence-electron chi connectivity index (χ2n) is 10.5. The molecule has 4 aromatic rings. The molecule has 214 valence electrons. The number of hydrogen-bond donors (Lipinski definition) is 3. The number of ether oxygens (including phenoxy) is 1. The molecule has 6 rings (SSSR count). The van der Waals surface area contributed by atoms with E-state index in [1.165, 1.54) is 6.07 Å². The van der Waals surface area contributed by atoms with Gasteiger partial charge in [-0.3, -0.25) is 4.90 Å². The summed E-state index contributed by atoms with van der Waals surface area (Å²) in [4.78, 5) is 24.3. The third-order valence-electron chi connectivity index (χ3n) is 7.84. The van der Waals surface area contributed by atoms with Crippen molar-refractivity contribution in [3.8, 4) is 11.5 Å². The van der Waals surface area contributed by atoms with E-state index in [9.17, 15) is 18.0 Å². The van der Waals surface area contributed by atoms with Gasteiger partial charge in [-0.15, -0.1) is 0 Å². The van der Waals surface area contributed by atoms with Crippen LogP contribution >= 0.6 is 0 Å². The number of carbonyl (C=O) groups is 1. The summed E-state index contributed by atoms with van der Waals surface area (Å²) in [6, 6.07) is 12.8. The number of rotatable bonds is 5. The predicted molar refractivity (Wildman–Crippen MR) is 150 cm³/mol. The van der Waals surface area contributed by atoms with Crippen molar-refractivity contribution in [2.75, 3.05) is 38.0 Å². The van der Waals surface area contributed by atoms with E-state index in [0.29, 0.717) is 37.6 Å². The Morgan fingerprint density at radius 1 is 1.10 bits per heavy atom. The van der Waals surface area contributed by atoms with E-state index in [2.05, 4.69) is 20.6 Å². The van der Waals surface area contributed by atoms with E-state index < -0.39 is 17.8 Å². The lowest BCUT2D eigenvalue weighted by Crippen LogP contribution is -2.43. The Morgan fingerprint density at radius 3 is 2.73 bits per heavy atom. The smallest absolute Gasteiger partial charge is 0.416 e. The number of hydrogen-bond acceptors (Lipinski definition) is 5. The van der Waals surface area contributed by atoms with Crippen molar-refractivity contribution in [3.05, 3.63) is 83.2 Å². The number of pyridine rings is 1. The highest BCUT2D eigenvalue weighted by Crippen LogP contribution is 2.37. The van der Waals surface area contributed by atoms with Crippen molar-refractivity contribution < 1.29 is 22.7 Å². The number of piperazine rings is 1. The van der Waals surface area contributed by atoms with Crippen LogP contribution in [0.15, 0.2) is 60.9 Å². The molecule has 2 aromatic heterocycles. The fraction of sp³-hybridized carbons (Fsp3) is 0.333. The zero-order chi connectivity index (χ0) is 28.6. The van der Waals surface area contributed by atoms with E-state index >= 15 is 0 Å². The van der Waals surface area contributed by atoms with Crippen LogP contribution in [0.25, 0.3) is 11.0 Å². The Morgan fingerprint density at radius 2 is 1.93 bits per heavy atom. The average molecular weight is 565 g/mol. The molecule has 0 aliphatic carbocycles. The summed E-state index contributed by atoms with van der Waals surface area (Å²) in [7, 11) is 0. The zero-order valence-electron chi connectivity index (χ0n) is 22.6. The number of anilines is 1. The van der Waals surface area contributed by atoms with E-state index in [1.54, 1.807) is 29.4 Å². The van der Waals surface area contributed by atoms with Crippen LogP contribution in [0.4, 0.5) is 23.7 Å². The molecule has 2 aromatic carbocycles. The van der Waals surface area contributed by atoms with Crippen molar-refractivity contribution in [1.29, 1.82) is 0 Å². The first-order valence-corrected chi connectivity index (χ1v) is 13.7. The minimum absolute atomic E-state index is 0.120. The summed E-state index contributed by atoms with van der Waals surface area (Å²) in [6.07, 6.45) is -0.433. The van der Waals surface area contributed by atoms with Crippen LogP contribution in [0.5, 0.6) is 11.5 Å². The molecule has 8 nitrogen and oxygen atoms in total. The number of amides is 2. The molecule has 3 N–H and O–H groups in total. The Kier molecular flexibility index (Phi) is 7.31. The van der Waals surface area contributed by atoms with Gasteiger partial charge in [0, 0.05) is 57.3 Å². The first kappa shape index (κ1) is 27.1. The number of benzene rings is 2. The fourth-order valence-electron chi connectivity index (χ4n) is 5.65. The number of H-pyrrole nitrogens is 1. The number of nitrogens with one attached hydrogen (secondary N) is 3. The SMILES string of the molecule is C[C@H]1c2cc(Oc3ccnc4[nH]ccc34)ccc2CCN1C(=O)Nc1ccc(CN2CCNCC2)c(C(F)(F)F)c1. The van der Waals surface area contributed by atoms with Gasteiger partial charge in [0.1, 0.15) is 17.1 Å². The maximum Gasteiger partial charge on any atom is 0.416 e. The van der Waals surface area contributed by atoms with Crippen molar-refractivity contribution in [2.45, 2.75) is 32.1 Å². The lowest BCUT2D eigenvalue weighted by atomic mass is 9.93. The molecule has 0 bridgehead atoms. The second-order valence-corrected chi connectivity index (χ2v) is 10.5. The molecule has 11 heteroatoms. The van der Waals surface area contributed by atoms with Gasteiger partial charge in [0.15, 0.2) is 0 Å². The Labute approximate surface area is 235 Å². The Balaban J connectivity index is 1.18. The molecule has 1 atom stereocenters. The molecule has 1 saturated heterocycles. The topological polar surface area (TPSA) is 85.5 Å². The lowest BCUT2D eigenvalue weighted by molar-refractivity contribution is -0.138. The third kappa shape index (κ3) is 5.73. The summed E-state index contributed by atoms with van der Waals surface area (Å²) in [5.41, 5.74) is 2.37. The summed E-state index contributed by atoms with van der Waals surface area (Å²) < 4.78 is 48.2. The fourth-order valence-corrected chi connectivity index (χ4v) is 5.65. The first-order valence-electron chi connectivity index (χ1n) is 13.7. The number of aromatic amines is 1. The molecule has 2 amide bonds. The number of aromatic nitrogens is 2. The van der Waals surface area contributed by atoms with Crippen molar-refractivity contribution >= 4 is 22.8 Å². The van der Waals surface area contributed by atoms with Gasteiger partial charge >= 0.3 is 12.2 Å². The van der Waals surface area contributed by atoms with Gasteiger partial charge in [0.25, 0.3) is 0 Å². The van der Waals surface area contributed by atoms with Gasteiger partial charge in [0.2, 0.25) is 0 Å². The summed E-state index contributed by atoms with van der Waals surface area (Å²) >= 11 is 0. The number of urea groups is 1. The molecule has 41 heavy (non-hydrogen) atoms. The largest absolute Gasteiger partial charge is 0.457 e. The number of carbonyl (C=O) groups excluding carboxylic acids is 1. The van der Waals surface area contributed by atoms with Gasteiger partial charge < -0.3 is 25.3 Å². The van der Waals surface area contributed by atoms with Gasteiger partial charge in [-0.25, -0.2) is 9.78 Å². The van der Waals surface area contributed by atoms with Crippen molar-refractivity contribution in [1.82, 2.24) is 25.1 Å². The number of fused-ring (bicyclic) bond motifs is 2. The maximum absolute atomic E-state index is 14.0. The van der Waals surface area contributed by atoms with E-state index in [0.717, 1.165) is 41.3 Å². The average Bonchev–Trinajstić information content (AvgIpc) is 3.44. The maximum atomic E-state index is 14.0. The predicted octanol–water partition coefficient (Wildman–Crippen LogP) is 5.93. The highest BCUT2D eigenvalue weighted by atomic mass is 19.4. The van der Waals surface area contributed by atoms with Gasteiger partial charge in [-0.2, -0.15) is 13.2 Å². The highest BCUT2D eigenvalue weighted by molar-refractivity contribution is 5.90. The molecule has 0 saturated carbocycles. The van der Waals surface area contributed by atoms with Crippen molar-refractivity contribution in [2.24, 2.45) is 0 Å². The quantitative estimate of drug-likeness (QED) is 0.280. The number of alkyl halides is 3. The summed E-state index contributed by atoms with van der Waals surface area (Å²) in [5, 5.41) is 6.78. The van der Waals surface area contributed by atoms with Gasteiger partial charge in [-0.05, 0) is 66.4 Å². The molecule has 4 heterocycles. The first-order chi connectivity index (χ1) is 19.8. The molecule has 2 aliphatic heterocycles. The summed E-state index contributed by atoms with van der Waals surface area (Å²) in [5.74, 6) is 1.29. The van der Waals surface area contributed by atoms with Crippen LogP contribution in [-0.2, 0) is 19.1 Å². The van der Waals surface area contributed by atoms with Gasteiger partial charge in [-0.1, -0.05) is 12.1 Å². The van der Waals surface area contributed by atoms with Crippen LogP contribution in [0.3, 0.4) is 0 Å². The molecule has 0 spiro atoms. The summed E-state index contributed by atoms with van der Waals surface area (Å²) in [6.45, 7) is 5.45. The van der Waals surface area contributed by atoms with Crippen LogP contribution < -0.4 is 15.4 Å². The Hall–Kier alpha value is -4.09. The molecule has 2 aliphatic rings. The molecule has 1 fully saturated rings. The molecular weight excluding hydrogens is 533 g/mol. The van der Waals surface area contributed by atoms with Crippen molar-refractivity contribution in [3.63, 3.8) is 0 Å². The minimum atomic E-state index is -4.53.